The van der Waals surface area contributed by atoms with Gasteiger partial charge in [0.15, 0.2) is 6.29 Å². The van der Waals surface area contributed by atoms with E-state index in [9.17, 15) is 4.79 Å². The molecule has 0 aliphatic rings. The third kappa shape index (κ3) is 2.55. The SMILES string of the molecule is COCCOc1cc(C=O)n(C)n1. The second kappa shape index (κ2) is 4.61. The van der Waals surface area contributed by atoms with E-state index in [-0.39, 0.29) is 0 Å². The van der Waals surface area contributed by atoms with Gasteiger partial charge in [-0.1, -0.05) is 0 Å². The van der Waals surface area contributed by atoms with E-state index in [0.29, 0.717) is 24.8 Å². The van der Waals surface area contributed by atoms with Crippen LogP contribution in [-0.2, 0) is 11.8 Å². The minimum absolute atomic E-state index is 0.436. The van der Waals surface area contributed by atoms with Crippen LogP contribution in [0.15, 0.2) is 6.07 Å². The third-order valence-electron chi connectivity index (χ3n) is 1.55. The summed E-state index contributed by atoms with van der Waals surface area (Å²) in [6.07, 6.45) is 0.732. The number of aldehydes is 1. The lowest BCUT2D eigenvalue weighted by atomic mass is 10.5. The van der Waals surface area contributed by atoms with Crippen molar-refractivity contribution >= 4 is 6.29 Å². The summed E-state index contributed by atoms with van der Waals surface area (Å²) in [6, 6.07) is 1.59. The third-order valence-corrected chi connectivity index (χ3v) is 1.55. The van der Waals surface area contributed by atoms with Gasteiger partial charge in [-0.05, 0) is 0 Å². The zero-order valence-corrected chi connectivity index (χ0v) is 7.69. The first-order chi connectivity index (χ1) is 6.27. The molecule has 13 heavy (non-hydrogen) atoms. The van der Waals surface area contributed by atoms with Gasteiger partial charge in [-0.25, -0.2) is 0 Å². The molecule has 0 saturated heterocycles. The van der Waals surface area contributed by atoms with Gasteiger partial charge in [0.2, 0.25) is 5.88 Å². The molecule has 1 aromatic rings. The molecule has 0 atom stereocenters. The molecule has 0 aliphatic carbocycles. The van der Waals surface area contributed by atoms with Crippen LogP contribution in [0, 0.1) is 0 Å². The maximum Gasteiger partial charge on any atom is 0.233 e. The van der Waals surface area contributed by atoms with Crippen LogP contribution in [0.4, 0.5) is 0 Å². The molecule has 0 aliphatic heterocycles. The molecule has 5 heteroatoms. The number of carbonyl (C=O) groups excluding carboxylic acids is 1. The lowest BCUT2D eigenvalue weighted by Crippen LogP contribution is -2.04. The molecule has 1 aromatic heterocycles. The second-order valence-electron chi connectivity index (χ2n) is 2.49. The Labute approximate surface area is 76.3 Å². The summed E-state index contributed by atoms with van der Waals surface area (Å²) in [5, 5.41) is 3.96. The predicted octanol–water partition coefficient (Wildman–Crippen LogP) is 0.258. The Hall–Kier alpha value is -1.36. The van der Waals surface area contributed by atoms with Gasteiger partial charge in [-0.2, -0.15) is 0 Å². The minimum Gasteiger partial charge on any atom is -0.474 e. The number of aromatic nitrogens is 2. The number of nitrogens with zero attached hydrogens (tertiary/aromatic N) is 2. The maximum absolute atomic E-state index is 10.4. The van der Waals surface area contributed by atoms with Gasteiger partial charge in [0, 0.05) is 20.2 Å². The molecule has 0 N–H and O–H groups in total. The molecule has 0 spiro atoms. The molecule has 0 unspecified atom stereocenters. The van der Waals surface area contributed by atoms with E-state index >= 15 is 0 Å². The van der Waals surface area contributed by atoms with E-state index in [4.69, 9.17) is 9.47 Å². The van der Waals surface area contributed by atoms with E-state index in [1.54, 1.807) is 20.2 Å². The fourth-order valence-electron chi connectivity index (χ4n) is 0.865. The molecule has 5 nitrogen and oxygen atoms in total. The largest absolute Gasteiger partial charge is 0.474 e. The maximum atomic E-state index is 10.4. The van der Waals surface area contributed by atoms with Crippen molar-refractivity contribution in [3.63, 3.8) is 0 Å². The second-order valence-corrected chi connectivity index (χ2v) is 2.49. The molecular weight excluding hydrogens is 172 g/mol. The average Bonchev–Trinajstić information content (AvgIpc) is 2.47. The van der Waals surface area contributed by atoms with Crippen LogP contribution in [0.2, 0.25) is 0 Å². The van der Waals surface area contributed by atoms with Crippen LogP contribution in [0.25, 0.3) is 0 Å². The normalized spacial score (nSPS) is 10.0. The fourth-order valence-corrected chi connectivity index (χ4v) is 0.865. The van der Waals surface area contributed by atoms with E-state index in [1.807, 2.05) is 0 Å². The van der Waals surface area contributed by atoms with Gasteiger partial charge in [-0.15, -0.1) is 5.10 Å². The molecular formula is C8H12N2O3. The van der Waals surface area contributed by atoms with Crippen LogP contribution in [-0.4, -0.2) is 36.4 Å². The van der Waals surface area contributed by atoms with Crippen LogP contribution in [0.3, 0.4) is 0 Å². The highest BCUT2D eigenvalue weighted by Gasteiger charge is 2.03. The number of aryl methyl sites for hydroxylation is 1. The molecule has 1 rings (SSSR count). The predicted molar refractivity (Wildman–Crippen MR) is 46.0 cm³/mol. The highest BCUT2D eigenvalue weighted by Crippen LogP contribution is 2.08. The number of carbonyl (C=O) groups is 1. The first-order valence-corrected chi connectivity index (χ1v) is 3.89. The molecule has 0 radical (unpaired) electrons. The lowest BCUT2D eigenvalue weighted by molar-refractivity contribution is 0.111. The van der Waals surface area contributed by atoms with Crippen LogP contribution >= 0.6 is 0 Å². The van der Waals surface area contributed by atoms with Gasteiger partial charge < -0.3 is 9.47 Å². The monoisotopic (exact) mass is 184 g/mol. The number of ether oxygens (including phenoxy) is 2. The standard InChI is InChI=1S/C8H12N2O3/c1-10-7(6-11)5-8(9-10)13-4-3-12-2/h5-6H,3-4H2,1-2H3. The Morgan fingerprint density at radius 3 is 2.92 bits per heavy atom. The van der Waals surface area contributed by atoms with Gasteiger partial charge in [-0.3, -0.25) is 9.48 Å². The Balaban J connectivity index is 2.52. The van der Waals surface area contributed by atoms with E-state index in [2.05, 4.69) is 5.10 Å². The smallest absolute Gasteiger partial charge is 0.233 e. The molecule has 72 valence electrons. The van der Waals surface area contributed by atoms with Crippen molar-refractivity contribution in [1.82, 2.24) is 9.78 Å². The van der Waals surface area contributed by atoms with E-state index in [0.717, 1.165) is 6.29 Å². The summed E-state index contributed by atoms with van der Waals surface area (Å²) < 4.78 is 11.5. The number of hydrogen-bond donors (Lipinski definition) is 0. The number of methoxy groups -OCH3 is 1. The van der Waals surface area contributed by atoms with Gasteiger partial charge in [0.05, 0.1) is 6.61 Å². The number of rotatable bonds is 5. The van der Waals surface area contributed by atoms with Crippen molar-refractivity contribution in [2.75, 3.05) is 20.3 Å². The van der Waals surface area contributed by atoms with Crippen LogP contribution in [0.1, 0.15) is 10.5 Å². The van der Waals surface area contributed by atoms with Crippen molar-refractivity contribution in [1.29, 1.82) is 0 Å². The Morgan fingerprint density at radius 2 is 2.38 bits per heavy atom. The molecule has 0 amide bonds. The highest BCUT2D eigenvalue weighted by atomic mass is 16.5. The summed E-state index contributed by atoms with van der Waals surface area (Å²) in [7, 11) is 3.28. The van der Waals surface area contributed by atoms with E-state index in [1.165, 1.54) is 4.68 Å². The van der Waals surface area contributed by atoms with Crippen molar-refractivity contribution in [2.24, 2.45) is 7.05 Å². The average molecular weight is 184 g/mol. The van der Waals surface area contributed by atoms with Crippen LogP contribution < -0.4 is 4.74 Å². The summed E-state index contributed by atoms with van der Waals surface area (Å²) in [6.45, 7) is 0.943. The lowest BCUT2D eigenvalue weighted by Gasteiger charge is -1.99. The highest BCUT2D eigenvalue weighted by molar-refractivity contribution is 5.72. The van der Waals surface area contributed by atoms with Crippen molar-refractivity contribution in [3.8, 4) is 5.88 Å². The first-order valence-electron chi connectivity index (χ1n) is 3.89. The minimum atomic E-state index is 0.436. The van der Waals surface area contributed by atoms with Gasteiger partial charge >= 0.3 is 0 Å². The summed E-state index contributed by atoms with van der Waals surface area (Å²) in [5.74, 6) is 0.446. The topological polar surface area (TPSA) is 53.4 Å². The summed E-state index contributed by atoms with van der Waals surface area (Å²) in [5.41, 5.74) is 0.493. The molecule has 1 heterocycles. The Bertz CT molecular complexity index is 283. The quantitative estimate of drug-likeness (QED) is 0.486. The van der Waals surface area contributed by atoms with Crippen molar-refractivity contribution in [3.05, 3.63) is 11.8 Å². The first kappa shape index (κ1) is 9.73. The fraction of sp³-hybridized carbons (Fsp3) is 0.500. The number of hydrogen-bond acceptors (Lipinski definition) is 4. The molecule has 0 bridgehead atoms. The summed E-state index contributed by atoms with van der Waals surface area (Å²) in [4.78, 5) is 10.4. The molecule has 0 aromatic carbocycles. The Morgan fingerprint density at radius 1 is 1.62 bits per heavy atom. The zero-order valence-electron chi connectivity index (χ0n) is 7.69. The molecule has 0 fully saturated rings. The van der Waals surface area contributed by atoms with Crippen molar-refractivity contribution < 1.29 is 14.3 Å². The molecule has 0 saturated carbocycles. The van der Waals surface area contributed by atoms with Crippen LogP contribution in [0.5, 0.6) is 5.88 Å². The zero-order chi connectivity index (χ0) is 9.68. The van der Waals surface area contributed by atoms with Gasteiger partial charge in [0.1, 0.15) is 12.3 Å². The van der Waals surface area contributed by atoms with Gasteiger partial charge in [0.25, 0.3) is 0 Å². The summed E-state index contributed by atoms with van der Waals surface area (Å²) >= 11 is 0. The van der Waals surface area contributed by atoms with E-state index < -0.39 is 0 Å². The van der Waals surface area contributed by atoms with Crippen molar-refractivity contribution in [2.45, 2.75) is 0 Å². The Kier molecular flexibility index (Phi) is 3.45.